The van der Waals surface area contributed by atoms with Gasteiger partial charge in [0.1, 0.15) is 5.72 Å². The monoisotopic (exact) mass is 448 g/mol. The van der Waals surface area contributed by atoms with Gasteiger partial charge in [-0.1, -0.05) is 28.8 Å². The predicted octanol–water partition coefficient (Wildman–Crippen LogP) is 3.61. The number of hydrogen-bond donors (Lipinski definition) is 0. The highest BCUT2D eigenvalue weighted by molar-refractivity contribution is 7.89. The number of carbonyl (C=O) groups excluding carboxylic acids is 1. The van der Waals surface area contributed by atoms with Crippen molar-refractivity contribution in [1.29, 1.82) is 0 Å². The van der Waals surface area contributed by atoms with Crippen LogP contribution in [0.15, 0.2) is 47.4 Å². The third-order valence-electron chi connectivity index (χ3n) is 5.82. The fourth-order valence-corrected chi connectivity index (χ4v) is 6.25. The average Bonchev–Trinajstić information content (AvgIpc) is 3.11. The maximum Gasteiger partial charge on any atom is 0.253 e. The maximum atomic E-state index is 13.3. The quantitative estimate of drug-likeness (QED) is 0.719. The summed E-state index contributed by atoms with van der Waals surface area (Å²) in [6.07, 6.45) is 0.882. The highest BCUT2D eigenvalue weighted by atomic mass is 35.5. The van der Waals surface area contributed by atoms with Crippen LogP contribution in [0.3, 0.4) is 0 Å². The Kier molecular flexibility index (Phi) is 5.66. The molecular weight excluding hydrogens is 424 g/mol. The summed E-state index contributed by atoms with van der Waals surface area (Å²) < 4.78 is 33.9. The largest absolute Gasteiger partial charge is 0.358 e. The van der Waals surface area contributed by atoms with E-state index in [0.717, 1.165) is 11.1 Å². The average molecular weight is 449 g/mol. The van der Waals surface area contributed by atoms with Crippen LogP contribution < -0.4 is 0 Å². The summed E-state index contributed by atoms with van der Waals surface area (Å²) in [4.78, 5) is 15.0. The number of likely N-dealkylation sites (tertiary alicyclic amines) is 1. The first kappa shape index (κ1) is 21.3. The molecule has 0 radical (unpaired) electrons. The first-order valence-electron chi connectivity index (χ1n) is 10.0. The Morgan fingerprint density at radius 3 is 2.20 bits per heavy atom. The van der Waals surface area contributed by atoms with Crippen molar-refractivity contribution in [3.63, 3.8) is 0 Å². The summed E-state index contributed by atoms with van der Waals surface area (Å²) in [5.74, 6) is -0.0262. The number of amides is 1. The number of rotatable bonds is 3. The highest BCUT2D eigenvalue weighted by Crippen LogP contribution is 2.38. The number of sulfonamides is 1. The Morgan fingerprint density at radius 1 is 1.00 bits per heavy atom. The number of hydrogen-bond acceptors (Lipinski definition) is 4. The van der Waals surface area contributed by atoms with Gasteiger partial charge in [0.05, 0.1) is 11.5 Å². The van der Waals surface area contributed by atoms with Gasteiger partial charge >= 0.3 is 0 Å². The topological polar surface area (TPSA) is 66.9 Å². The number of carbonyl (C=O) groups is 1. The number of ether oxygens (including phenoxy) is 1. The molecule has 6 nitrogen and oxygen atoms in total. The fraction of sp³-hybridized carbons (Fsp3) is 0.409. The normalized spacial score (nSPS) is 19.4. The maximum absolute atomic E-state index is 13.3. The second-order valence-corrected chi connectivity index (χ2v) is 10.3. The van der Waals surface area contributed by atoms with Crippen LogP contribution in [0, 0.1) is 13.8 Å². The number of halogens is 1. The zero-order valence-corrected chi connectivity index (χ0v) is 18.7. The van der Waals surface area contributed by atoms with E-state index in [4.69, 9.17) is 16.3 Å². The van der Waals surface area contributed by atoms with Crippen molar-refractivity contribution in [2.24, 2.45) is 0 Å². The van der Waals surface area contributed by atoms with Gasteiger partial charge in [0, 0.05) is 43.1 Å². The molecule has 160 valence electrons. The van der Waals surface area contributed by atoms with Gasteiger partial charge < -0.3 is 9.64 Å². The molecule has 2 heterocycles. The molecule has 2 saturated heterocycles. The van der Waals surface area contributed by atoms with E-state index in [1.165, 1.54) is 16.4 Å². The van der Waals surface area contributed by atoms with Crippen LogP contribution in [0.2, 0.25) is 5.02 Å². The molecule has 2 aromatic carbocycles. The van der Waals surface area contributed by atoms with Crippen molar-refractivity contribution in [3.05, 3.63) is 64.2 Å². The van der Waals surface area contributed by atoms with Crippen LogP contribution in [0.1, 0.15) is 34.3 Å². The molecule has 2 aromatic rings. The van der Waals surface area contributed by atoms with Crippen molar-refractivity contribution in [1.82, 2.24) is 9.21 Å². The van der Waals surface area contributed by atoms with Gasteiger partial charge in [-0.15, -0.1) is 0 Å². The summed E-state index contributed by atoms with van der Waals surface area (Å²) in [6, 6.07) is 12.0. The Labute approximate surface area is 182 Å². The summed E-state index contributed by atoms with van der Waals surface area (Å²) in [5.41, 5.74) is 1.86. The Balaban J connectivity index is 1.52. The molecule has 0 N–H and O–H groups in total. The first-order chi connectivity index (χ1) is 14.2. The number of piperidine rings is 1. The molecule has 1 spiro atoms. The van der Waals surface area contributed by atoms with E-state index >= 15 is 0 Å². The fourth-order valence-electron chi connectivity index (χ4n) is 4.40. The van der Waals surface area contributed by atoms with Crippen LogP contribution in [-0.2, 0) is 14.8 Å². The molecule has 0 unspecified atom stereocenters. The zero-order valence-electron chi connectivity index (χ0n) is 17.1. The predicted molar refractivity (Wildman–Crippen MR) is 115 cm³/mol. The molecule has 0 saturated carbocycles. The molecule has 30 heavy (non-hydrogen) atoms. The van der Waals surface area contributed by atoms with E-state index in [1.54, 1.807) is 17.0 Å². The molecule has 2 fully saturated rings. The zero-order chi connectivity index (χ0) is 21.5. The Bertz CT molecular complexity index is 1040. The van der Waals surface area contributed by atoms with Crippen LogP contribution >= 0.6 is 11.6 Å². The second kappa shape index (κ2) is 7.96. The lowest BCUT2D eigenvalue weighted by Crippen LogP contribution is -2.55. The molecule has 4 rings (SSSR count). The van der Waals surface area contributed by atoms with Crippen LogP contribution in [0.4, 0.5) is 0 Å². The standard InChI is InChI=1S/C22H25ClN2O4S/c1-16-13-17(2)15-18(14-16)21(26)24-9-7-22(8-10-24)25(11-12-29-22)30(27,28)20-5-3-19(23)4-6-20/h3-6,13-15H,7-12H2,1-2H3. The first-order valence-corrected chi connectivity index (χ1v) is 11.8. The molecule has 2 aliphatic rings. The SMILES string of the molecule is Cc1cc(C)cc(C(=O)N2CCC3(CC2)OCCN3S(=O)(=O)c2ccc(Cl)cc2)c1. The lowest BCUT2D eigenvalue weighted by atomic mass is 9.99. The van der Waals surface area contributed by atoms with E-state index < -0.39 is 15.7 Å². The Morgan fingerprint density at radius 2 is 1.60 bits per heavy atom. The van der Waals surface area contributed by atoms with Crippen molar-refractivity contribution < 1.29 is 17.9 Å². The minimum absolute atomic E-state index is 0.0262. The third kappa shape index (κ3) is 3.87. The van der Waals surface area contributed by atoms with E-state index in [1.807, 2.05) is 32.0 Å². The van der Waals surface area contributed by atoms with Gasteiger partial charge in [-0.25, -0.2) is 8.42 Å². The van der Waals surface area contributed by atoms with E-state index in [9.17, 15) is 13.2 Å². The van der Waals surface area contributed by atoms with Crippen LogP contribution in [-0.4, -0.2) is 55.5 Å². The van der Waals surface area contributed by atoms with E-state index in [2.05, 4.69) is 0 Å². The van der Waals surface area contributed by atoms with Gasteiger partial charge in [-0.3, -0.25) is 4.79 Å². The van der Waals surface area contributed by atoms with Crippen molar-refractivity contribution in [3.8, 4) is 0 Å². The van der Waals surface area contributed by atoms with Crippen LogP contribution in [0.25, 0.3) is 0 Å². The molecule has 1 amide bonds. The number of aryl methyl sites for hydroxylation is 2. The van der Waals surface area contributed by atoms with Crippen LogP contribution in [0.5, 0.6) is 0 Å². The van der Waals surface area contributed by atoms with E-state index in [-0.39, 0.29) is 10.8 Å². The minimum Gasteiger partial charge on any atom is -0.358 e. The summed E-state index contributed by atoms with van der Waals surface area (Å²) in [6.45, 7) is 5.48. The molecule has 0 aromatic heterocycles. The van der Waals surface area contributed by atoms with E-state index in [0.29, 0.717) is 49.7 Å². The highest BCUT2D eigenvalue weighted by Gasteiger charge is 2.51. The lowest BCUT2D eigenvalue weighted by molar-refractivity contribution is -0.0857. The van der Waals surface area contributed by atoms with Crippen molar-refractivity contribution >= 4 is 27.5 Å². The molecular formula is C22H25ClN2O4S. The van der Waals surface area contributed by atoms with Gasteiger partial charge in [0.2, 0.25) is 10.0 Å². The molecule has 0 atom stereocenters. The Hall–Kier alpha value is -1.93. The van der Waals surface area contributed by atoms with Gasteiger partial charge in [0.15, 0.2) is 0 Å². The van der Waals surface area contributed by atoms with Gasteiger partial charge in [-0.05, 0) is 50.2 Å². The van der Waals surface area contributed by atoms with Gasteiger partial charge in [0.25, 0.3) is 5.91 Å². The minimum atomic E-state index is -3.72. The van der Waals surface area contributed by atoms with Crippen molar-refractivity contribution in [2.45, 2.75) is 37.3 Å². The molecule has 2 aliphatic heterocycles. The smallest absolute Gasteiger partial charge is 0.253 e. The molecule has 0 bridgehead atoms. The summed E-state index contributed by atoms with van der Waals surface area (Å²) in [5, 5.41) is 0.486. The summed E-state index contributed by atoms with van der Waals surface area (Å²) >= 11 is 5.91. The third-order valence-corrected chi connectivity index (χ3v) is 8.04. The lowest BCUT2D eigenvalue weighted by Gasteiger charge is -2.42. The summed E-state index contributed by atoms with van der Waals surface area (Å²) in [7, 11) is -3.72. The molecule has 8 heteroatoms. The molecule has 0 aliphatic carbocycles. The number of benzene rings is 2. The van der Waals surface area contributed by atoms with Crippen molar-refractivity contribution in [2.75, 3.05) is 26.2 Å². The van der Waals surface area contributed by atoms with Gasteiger partial charge in [-0.2, -0.15) is 4.31 Å². The number of nitrogens with zero attached hydrogens (tertiary/aromatic N) is 2. The second-order valence-electron chi connectivity index (χ2n) is 7.99.